The van der Waals surface area contributed by atoms with Crippen LogP contribution >= 0.6 is 0 Å². The smallest absolute Gasteiger partial charge is 0.308 e. The molecule has 2 aliphatic rings. The van der Waals surface area contributed by atoms with Gasteiger partial charge < -0.3 is 10.2 Å². The van der Waals surface area contributed by atoms with Crippen molar-refractivity contribution in [2.75, 3.05) is 0 Å². The summed E-state index contributed by atoms with van der Waals surface area (Å²) in [6, 6.07) is 0. The molecule has 0 aromatic carbocycles. The average Bonchev–Trinajstić information content (AvgIpc) is 2.86. The number of fused-ring (bicyclic) bond motifs is 2. The van der Waals surface area contributed by atoms with E-state index in [0.717, 1.165) is 24.2 Å². The van der Waals surface area contributed by atoms with Crippen molar-refractivity contribution < 1.29 is 15.0 Å². The predicted octanol–water partition coefficient (Wildman–Crippen LogP) is 2.28. The van der Waals surface area contributed by atoms with Gasteiger partial charge in [-0.05, 0) is 56.8 Å². The van der Waals surface area contributed by atoms with Gasteiger partial charge in [0.15, 0.2) is 0 Å². The van der Waals surface area contributed by atoms with Crippen LogP contribution in [0.4, 0.5) is 0 Å². The zero-order valence-corrected chi connectivity index (χ0v) is 9.93. The minimum Gasteiger partial charge on any atom is -0.481 e. The normalized spacial score (nSPS) is 36.2. The van der Waals surface area contributed by atoms with E-state index in [4.69, 9.17) is 5.11 Å². The Morgan fingerprint density at radius 3 is 2.62 bits per heavy atom. The van der Waals surface area contributed by atoms with Crippen molar-refractivity contribution in [2.45, 2.75) is 51.6 Å². The van der Waals surface area contributed by atoms with Crippen molar-refractivity contribution in [1.82, 2.24) is 0 Å². The molecule has 0 spiro atoms. The van der Waals surface area contributed by atoms with E-state index in [9.17, 15) is 9.90 Å². The monoisotopic (exact) mass is 226 g/mol. The Morgan fingerprint density at radius 2 is 2.12 bits per heavy atom. The van der Waals surface area contributed by atoms with Crippen LogP contribution in [0, 0.1) is 23.7 Å². The lowest BCUT2D eigenvalue weighted by Gasteiger charge is -2.23. The first-order valence-electron chi connectivity index (χ1n) is 6.48. The molecule has 0 radical (unpaired) electrons. The number of aliphatic hydroxyl groups is 1. The Labute approximate surface area is 96.9 Å². The van der Waals surface area contributed by atoms with Crippen LogP contribution in [0.25, 0.3) is 0 Å². The highest BCUT2D eigenvalue weighted by Crippen LogP contribution is 2.50. The maximum Gasteiger partial charge on any atom is 0.308 e. The molecule has 16 heavy (non-hydrogen) atoms. The largest absolute Gasteiger partial charge is 0.481 e. The first-order chi connectivity index (χ1) is 7.58. The highest BCUT2D eigenvalue weighted by atomic mass is 16.4. The molecule has 2 aliphatic carbocycles. The van der Waals surface area contributed by atoms with Gasteiger partial charge in [0, 0.05) is 0 Å². The van der Waals surface area contributed by atoms with Crippen molar-refractivity contribution in [2.24, 2.45) is 23.7 Å². The summed E-state index contributed by atoms with van der Waals surface area (Å²) in [5.74, 6) is 1.05. The fraction of sp³-hybridized carbons (Fsp3) is 0.923. The first kappa shape index (κ1) is 11.9. The van der Waals surface area contributed by atoms with Crippen LogP contribution < -0.4 is 0 Å². The standard InChI is InChI=1S/C13H22O3/c1-8(13(15)16)12(14)5-4-11-7-9-2-3-10(11)6-9/h8-12,14H,2-7H2,1H3,(H,15,16)/t8-,9?,10?,11?,12-/m1/s1. The van der Waals surface area contributed by atoms with Gasteiger partial charge in [0.2, 0.25) is 0 Å². The molecule has 5 atom stereocenters. The molecule has 2 bridgehead atoms. The van der Waals surface area contributed by atoms with Crippen LogP contribution in [0.1, 0.15) is 45.4 Å². The Bertz CT molecular complexity index is 264. The summed E-state index contributed by atoms with van der Waals surface area (Å²) in [5.41, 5.74) is 0. The van der Waals surface area contributed by atoms with Crippen LogP contribution in [0.15, 0.2) is 0 Å². The van der Waals surface area contributed by atoms with Gasteiger partial charge in [0.1, 0.15) is 0 Å². The van der Waals surface area contributed by atoms with Crippen LogP contribution in [-0.2, 0) is 4.79 Å². The number of aliphatic hydroxyl groups excluding tert-OH is 1. The summed E-state index contributed by atoms with van der Waals surface area (Å²) in [6.45, 7) is 1.59. The lowest BCUT2D eigenvalue weighted by atomic mass is 9.84. The zero-order chi connectivity index (χ0) is 11.7. The lowest BCUT2D eigenvalue weighted by molar-refractivity contribution is -0.145. The Balaban J connectivity index is 1.73. The summed E-state index contributed by atoms with van der Waals surface area (Å²) in [7, 11) is 0. The lowest BCUT2D eigenvalue weighted by Crippen LogP contribution is -2.26. The van der Waals surface area contributed by atoms with Gasteiger partial charge in [-0.3, -0.25) is 4.79 Å². The summed E-state index contributed by atoms with van der Waals surface area (Å²) in [4.78, 5) is 10.7. The Morgan fingerprint density at radius 1 is 1.38 bits per heavy atom. The number of hydrogen-bond acceptors (Lipinski definition) is 2. The second kappa shape index (κ2) is 4.74. The van der Waals surface area contributed by atoms with E-state index in [1.165, 1.54) is 25.7 Å². The molecular formula is C13H22O3. The summed E-state index contributed by atoms with van der Waals surface area (Å²) in [5, 5.41) is 18.5. The molecular weight excluding hydrogens is 204 g/mol. The third-order valence-electron chi connectivity index (χ3n) is 4.68. The van der Waals surface area contributed by atoms with Crippen LogP contribution in [-0.4, -0.2) is 22.3 Å². The van der Waals surface area contributed by atoms with Gasteiger partial charge in [-0.2, -0.15) is 0 Å². The highest BCUT2D eigenvalue weighted by Gasteiger charge is 2.39. The molecule has 3 heteroatoms. The van der Waals surface area contributed by atoms with Crippen LogP contribution in [0.2, 0.25) is 0 Å². The van der Waals surface area contributed by atoms with Crippen LogP contribution in [0.5, 0.6) is 0 Å². The third kappa shape index (κ3) is 2.40. The molecule has 2 fully saturated rings. The maximum atomic E-state index is 10.7. The van der Waals surface area contributed by atoms with Gasteiger partial charge >= 0.3 is 5.97 Å². The summed E-state index contributed by atoms with van der Waals surface area (Å²) < 4.78 is 0. The third-order valence-corrected chi connectivity index (χ3v) is 4.68. The molecule has 3 nitrogen and oxygen atoms in total. The first-order valence-corrected chi connectivity index (χ1v) is 6.48. The van der Waals surface area contributed by atoms with Gasteiger partial charge in [-0.25, -0.2) is 0 Å². The minimum absolute atomic E-state index is 0.626. The fourth-order valence-corrected chi connectivity index (χ4v) is 3.53. The number of rotatable bonds is 5. The van der Waals surface area contributed by atoms with E-state index in [2.05, 4.69) is 0 Å². The second-order valence-corrected chi connectivity index (χ2v) is 5.71. The molecule has 0 aliphatic heterocycles. The number of aliphatic carboxylic acids is 1. The molecule has 0 saturated heterocycles. The van der Waals surface area contributed by atoms with Crippen molar-refractivity contribution in [3.05, 3.63) is 0 Å². The van der Waals surface area contributed by atoms with Crippen molar-refractivity contribution in [3.8, 4) is 0 Å². The van der Waals surface area contributed by atoms with E-state index in [1.807, 2.05) is 0 Å². The molecule has 0 amide bonds. The van der Waals surface area contributed by atoms with E-state index in [-0.39, 0.29) is 0 Å². The molecule has 92 valence electrons. The molecule has 2 saturated carbocycles. The number of carboxylic acid groups (broad SMARTS) is 1. The van der Waals surface area contributed by atoms with Crippen molar-refractivity contribution in [3.63, 3.8) is 0 Å². The molecule has 0 heterocycles. The van der Waals surface area contributed by atoms with E-state index in [1.54, 1.807) is 6.92 Å². The predicted molar refractivity (Wildman–Crippen MR) is 61.0 cm³/mol. The highest BCUT2D eigenvalue weighted by molar-refractivity contribution is 5.70. The Hall–Kier alpha value is -0.570. The molecule has 0 aromatic rings. The fourth-order valence-electron chi connectivity index (χ4n) is 3.53. The molecule has 2 N–H and O–H groups in total. The second-order valence-electron chi connectivity index (χ2n) is 5.71. The van der Waals surface area contributed by atoms with Crippen molar-refractivity contribution >= 4 is 5.97 Å². The molecule has 2 rings (SSSR count). The van der Waals surface area contributed by atoms with Gasteiger partial charge in [0.25, 0.3) is 0 Å². The SMILES string of the molecule is C[C@@H](C(=O)O)[C@H](O)CCC1CC2CCC1C2. The summed E-state index contributed by atoms with van der Waals surface area (Å²) in [6.07, 6.45) is 6.46. The number of carbonyl (C=O) groups is 1. The number of carboxylic acids is 1. The van der Waals surface area contributed by atoms with Gasteiger partial charge in [-0.1, -0.05) is 6.42 Å². The summed E-state index contributed by atoms with van der Waals surface area (Å²) >= 11 is 0. The van der Waals surface area contributed by atoms with E-state index in [0.29, 0.717) is 6.42 Å². The van der Waals surface area contributed by atoms with E-state index >= 15 is 0 Å². The molecule has 0 aromatic heterocycles. The van der Waals surface area contributed by atoms with Gasteiger partial charge in [-0.15, -0.1) is 0 Å². The average molecular weight is 226 g/mol. The maximum absolute atomic E-state index is 10.7. The minimum atomic E-state index is -0.888. The van der Waals surface area contributed by atoms with Crippen LogP contribution in [0.3, 0.4) is 0 Å². The topological polar surface area (TPSA) is 57.5 Å². The zero-order valence-electron chi connectivity index (χ0n) is 9.93. The van der Waals surface area contributed by atoms with Gasteiger partial charge in [0.05, 0.1) is 12.0 Å². The quantitative estimate of drug-likeness (QED) is 0.756. The molecule has 3 unspecified atom stereocenters. The van der Waals surface area contributed by atoms with Crippen molar-refractivity contribution in [1.29, 1.82) is 0 Å². The Kier molecular flexibility index (Phi) is 3.53. The van der Waals surface area contributed by atoms with E-state index < -0.39 is 18.0 Å². The number of hydrogen-bond donors (Lipinski definition) is 2.